The molecule has 0 bridgehead atoms. The van der Waals surface area contributed by atoms with E-state index in [0.29, 0.717) is 5.15 Å². The van der Waals surface area contributed by atoms with Gasteiger partial charge in [-0.15, -0.1) is 0 Å². The predicted octanol–water partition coefficient (Wildman–Crippen LogP) is 3.37. The Morgan fingerprint density at radius 2 is 1.86 bits per heavy atom. The third-order valence-electron chi connectivity index (χ3n) is 2.40. The molecule has 0 aliphatic heterocycles. The lowest BCUT2D eigenvalue weighted by atomic mass is 10.1. The average molecular weight is 203 g/mol. The highest BCUT2D eigenvalue weighted by Gasteiger charge is 2.05. The minimum absolute atomic E-state index is 0.603. The van der Waals surface area contributed by atoms with Crippen LogP contribution in [0.15, 0.2) is 36.4 Å². The van der Waals surface area contributed by atoms with Gasteiger partial charge in [-0.05, 0) is 11.5 Å². The van der Waals surface area contributed by atoms with Crippen LogP contribution in [0.25, 0.3) is 21.7 Å². The van der Waals surface area contributed by atoms with E-state index in [0.717, 1.165) is 16.3 Å². The van der Waals surface area contributed by atoms with Crippen molar-refractivity contribution in [3.05, 3.63) is 41.6 Å². The normalized spacial score (nSPS) is 11.2. The smallest absolute Gasteiger partial charge is 0.132 e. The first-order chi connectivity index (χ1) is 6.86. The maximum Gasteiger partial charge on any atom is 0.132 e. The zero-order chi connectivity index (χ0) is 9.54. The van der Waals surface area contributed by atoms with Gasteiger partial charge in [-0.25, -0.2) is 0 Å². The van der Waals surface area contributed by atoms with Crippen LogP contribution in [0.3, 0.4) is 0 Å². The van der Waals surface area contributed by atoms with Crippen molar-refractivity contribution in [2.45, 2.75) is 0 Å². The lowest BCUT2D eigenvalue weighted by molar-refractivity contribution is 1.12. The van der Waals surface area contributed by atoms with Gasteiger partial charge in [0.15, 0.2) is 0 Å². The Morgan fingerprint density at radius 3 is 2.79 bits per heavy atom. The largest absolute Gasteiger partial charge is 0.266 e. The monoisotopic (exact) mass is 202 g/mol. The van der Waals surface area contributed by atoms with Crippen LogP contribution < -0.4 is 0 Å². The first-order valence-electron chi connectivity index (χ1n) is 4.37. The second-order valence-corrected chi connectivity index (χ2v) is 3.60. The molecule has 0 spiro atoms. The molecule has 0 radical (unpaired) electrons. The molecule has 2 nitrogen and oxygen atoms in total. The van der Waals surface area contributed by atoms with Gasteiger partial charge in [0.05, 0.1) is 0 Å². The fraction of sp³-hybridized carbons (Fsp3) is 0. The van der Waals surface area contributed by atoms with Gasteiger partial charge in [-0.3, -0.25) is 5.10 Å². The average Bonchev–Trinajstić information content (AvgIpc) is 2.61. The molecule has 0 aliphatic carbocycles. The molecule has 0 unspecified atom stereocenters. The number of rotatable bonds is 0. The predicted molar refractivity (Wildman–Crippen MR) is 58.6 cm³/mol. The van der Waals surface area contributed by atoms with Gasteiger partial charge in [-0.2, -0.15) is 5.10 Å². The van der Waals surface area contributed by atoms with Gasteiger partial charge < -0.3 is 0 Å². The van der Waals surface area contributed by atoms with Crippen LogP contribution in [0.4, 0.5) is 0 Å². The highest BCUT2D eigenvalue weighted by molar-refractivity contribution is 6.35. The van der Waals surface area contributed by atoms with Crippen LogP contribution in [0, 0.1) is 0 Å². The summed E-state index contributed by atoms with van der Waals surface area (Å²) in [6.07, 6.45) is 0. The molecule has 0 saturated carbocycles. The van der Waals surface area contributed by atoms with E-state index in [1.807, 2.05) is 18.2 Å². The van der Waals surface area contributed by atoms with E-state index in [4.69, 9.17) is 11.6 Å². The molecule has 14 heavy (non-hydrogen) atoms. The molecule has 3 rings (SSSR count). The summed E-state index contributed by atoms with van der Waals surface area (Å²) in [6.45, 7) is 0. The molecule has 3 heteroatoms. The molecular weight excluding hydrogens is 196 g/mol. The van der Waals surface area contributed by atoms with Gasteiger partial charge in [0.25, 0.3) is 0 Å². The Bertz CT molecular complexity index is 613. The molecule has 0 aliphatic rings. The molecule has 0 atom stereocenters. The Hall–Kier alpha value is -1.54. The van der Waals surface area contributed by atoms with Crippen molar-refractivity contribution in [2.24, 2.45) is 0 Å². The van der Waals surface area contributed by atoms with Crippen molar-refractivity contribution in [3.8, 4) is 0 Å². The van der Waals surface area contributed by atoms with Crippen LogP contribution in [0.1, 0.15) is 0 Å². The standard InChI is InChI=1S/C11H7ClN2/c12-11-9-6-5-7-3-1-2-4-8(7)10(9)13-14-11/h1-6H,(H,13,14). The van der Waals surface area contributed by atoms with Gasteiger partial charge in [0, 0.05) is 10.8 Å². The minimum atomic E-state index is 0.603. The van der Waals surface area contributed by atoms with Crippen LogP contribution in [0.2, 0.25) is 5.15 Å². The second-order valence-electron chi connectivity index (χ2n) is 3.22. The molecule has 1 aromatic heterocycles. The summed E-state index contributed by atoms with van der Waals surface area (Å²) in [5, 5.41) is 10.9. The summed E-state index contributed by atoms with van der Waals surface area (Å²) < 4.78 is 0. The Morgan fingerprint density at radius 1 is 1.00 bits per heavy atom. The lowest BCUT2D eigenvalue weighted by Crippen LogP contribution is -1.74. The van der Waals surface area contributed by atoms with Crippen LogP contribution in [-0.2, 0) is 0 Å². The molecule has 0 saturated heterocycles. The van der Waals surface area contributed by atoms with Crippen molar-refractivity contribution in [1.82, 2.24) is 10.2 Å². The first-order valence-corrected chi connectivity index (χ1v) is 4.75. The highest BCUT2D eigenvalue weighted by atomic mass is 35.5. The number of nitrogens with zero attached hydrogens (tertiary/aromatic N) is 1. The van der Waals surface area contributed by atoms with E-state index in [1.54, 1.807) is 0 Å². The number of H-pyrrole nitrogens is 1. The summed E-state index contributed by atoms with van der Waals surface area (Å²) in [7, 11) is 0. The third kappa shape index (κ3) is 0.946. The van der Waals surface area contributed by atoms with E-state index >= 15 is 0 Å². The maximum absolute atomic E-state index is 5.95. The fourth-order valence-corrected chi connectivity index (χ4v) is 1.91. The number of halogens is 1. The molecule has 0 fully saturated rings. The highest BCUT2D eigenvalue weighted by Crippen LogP contribution is 2.27. The van der Waals surface area contributed by atoms with E-state index in [1.165, 1.54) is 5.39 Å². The van der Waals surface area contributed by atoms with E-state index in [9.17, 15) is 0 Å². The third-order valence-corrected chi connectivity index (χ3v) is 2.69. The van der Waals surface area contributed by atoms with E-state index in [2.05, 4.69) is 28.4 Å². The summed E-state index contributed by atoms with van der Waals surface area (Å²) in [6, 6.07) is 12.2. The van der Waals surface area contributed by atoms with Crippen LogP contribution in [-0.4, -0.2) is 10.2 Å². The van der Waals surface area contributed by atoms with Crippen molar-refractivity contribution in [2.75, 3.05) is 0 Å². The Labute approximate surface area is 85.5 Å². The van der Waals surface area contributed by atoms with Crippen molar-refractivity contribution < 1.29 is 0 Å². The topological polar surface area (TPSA) is 28.7 Å². The van der Waals surface area contributed by atoms with Crippen LogP contribution >= 0.6 is 11.6 Å². The zero-order valence-corrected chi connectivity index (χ0v) is 8.05. The van der Waals surface area contributed by atoms with Gasteiger partial charge in [0.1, 0.15) is 10.7 Å². The SMILES string of the molecule is Clc1[nH]nc2c1ccc1ccccc12. The van der Waals surface area contributed by atoms with Gasteiger partial charge >= 0.3 is 0 Å². The quantitative estimate of drug-likeness (QED) is 0.595. The molecule has 1 N–H and O–H groups in total. The lowest BCUT2D eigenvalue weighted by Gasteiger charge is -1.96. The summed E-state index contributed by atoms with van der Waals surface area (Å²) in [5.74, 6) is 0. The van der Waals surface area contributed by atoms with Gasteiger partial charge in [-0.1, -0.05) is 41.9 Å². The number of fused-ring (bicyclic) bond motifs is 3. The minimum Gasteiger partial charge on any atom is -0.266 e. The number of hydrogen-bond donors (Lipinski definition) is 1. The first kappa shape index (κ1) is 7.83. The van der Waals surface area contributed by atoms with Gasteiger partial charge in [0.2, 0.25) is 0 Å². The van der Waals surface area contributed by atoms with Crippen molar-refractivity contribution in [1.29, 1.82) is 0 Å². The number of nitrogens with one attached hydrogen (secondary N) is 1. The number of aromatic nitrogens is 2. The van der Waals surface area contributed by atoms with Crippen molar-refractivity contribution >= 4 is 33.3 Å². The molecular formula is C11H7ClN2. The summed E-state index contributed by atoms with van der Waals surface area (Å²) in [5.41, 5.74) is 0.938. The zero-order valence-electron chi connectivity index (χ0n) is 7.29. The summed E-state index contributed by atoms with van der Waals surface area (Å²) >= 11 is 5.95. The molecule has 2 aromatic carbocycles. The molecule has 0 amide bonds. The van der Waals surface area contributed by atoms with Crippen molar-refractivity contribution in [3.63, 3.8) is 0 Å². The molecule has 3 aromatic rings. The number of aromatic amines is 1. The maximum atomic E-state index is 5.95. The molecule has 1 heterocycles. The fourth-order valence-electron chi connectivity index (χ4n) is 1.72. The number of benzene rings is 2. The second kappa shape index (κ2) is 2.72. The molecule has 68 valence electrons. The Balaban J connectivity index is 2.61. The number of hydrogen-bond acceptors (Lipinski definition) is 1. The van der Waals surface area contributed by atoms with E-state index < -0.39 is 0 Å². The summed E-state index contributed by atoms with van der Waals surface area (Å²) in [4.78, 5) is 0. The van der Waals surface area contributed by atoms with Crippen LogP contribution in [0.5, 0.6) is 0 Å². The van der Waals surface area contributed by atoms with E-state index in [-0.39, 0.29) is 0 Å². The Kier molecular flexibility index (Phi) is 1.52.